The first-order valence-corrected chi connectivity index (χ1v) is 5.75. The second-order valence-corrected chi connectivity index (χ2v) is 4.12. The standard InChI is InChI=1S/C14H10N4O/c1-9-6-13(18-17-9)19-14-10(7-15)8-16-12-5-3-2-4-11(12)14/h2-6,8H,1H3,(H,17,18). The Balaban J connectivity index is 2.17. The summed E-state index contributed by atoms with van der Waals surface area (Å²) in [5, 5.41) is 16.8. The molecule has 0 saturated carbocycles. The lowest BCUT2D eigenvalue weighted by atomic mass is 10.1. The van der Waals surface area contributed by atoms with Crippen LogP contribution in [-0.4, -0.2) is 15.2 Å². The molecule has 3 rings (SSSR count). The number of aromatic nitrogens is 3. The molecule has 2 aromatic heterocycles. The molecule has 2 heterocycles. The van der Waals surface area contributed by atoms with Crippen LogP contribution >= 0.6 is 0 Å². The third kappa shape index (κ3) is 2.00. The van der Waals surface area contributed by atoms with Gasteiger partial charge in [0.25, 0.3) is 0 Å². The molecular weight excluding hydrogens is 240 g/mol. The summed E-state index contributed by atoms with van der Waals surface area (Å²) in [5.74, 6) is 0.921. The van der Waals surface area contributed by atoms with Gasteiger partial charge in [-0.15, -0.1) is 5.10 Å². The first-order valence-electron chi connectivity index (χ1n) is 5.75. The summed E-state index contributed by atoms with van der Waals surface area (Å²) < 4.78 is 5.73. The molecule has 0 saturated heterocycles. The Hall–Kier alpha value is -2.87. The van der Waals surface area contributed by atoms with Crippen LogP contribution in [0.3, 0.4) is 0 Å². The predicted molar refractivity (Wildman–Crippen MR) is 69.9 cm³/mol. The van der Waals surface area contributed by atoms with E-state index in [0.29, 0.717) is 17.2 Å². The highest BCUT2D eigenvalue weighted by atomic mass is 16.5. The third-order valence-corrected chi connectivity index (χ3v) is 2.74. The Morgan fingerprint density at radius 2 is 2.16 bits per heavy atom. The van der Waals surface area contributed by atoms with E-state index in [1.165, 1.54) is 6.20 Å². The fourth-order valence-corrected chi connectivity index (χ4v) is 1.86. The van der Waals surface area contributed by atoms with Crippen molar-refractivity contribution in [3.05, 3.63) is 47.8 Å². The summed E-state index contributed by atoms with van der Waals surface area (Å²) in [4.78, 5) is 4.23. The lowest BCUT2D eigenvalue weighted by Gasteiger charge is -2.07. The minimum atomic E-state index is 0.388. The van der Waals surface area contributed by atoms with Crippen LogP contribution in [-0.2, 0) is 0 Å². The highest BCUT2D eigenvalue weighted by molar-refractivity contribution is 5.87. The number of ether oxygens (including phenoxy) is 1. The number of hydrogen-bond acceptors (Lipinski definition) is 4. The van der Waals surface area contributed by atoms with E-state index in [1.807, 2.05) is 31.2 Å². The predicted octanol–water partition coefficient (Wildman–Crippen LogP) is 2.93. The molecule has 0 amide bonds. The Morgan fingerprint density at radius 1 is 1.32 bits per heavy atom. The van der Waals surface area contributed by atoms with Crippen LogP contribution in [0.15, 0.2) is 36.5 Å². The molecule has 5 nitrogen and oxygen atoms in total. The van der Waals surface area contributed by atoms with Crippen molar-refractivity contribution in [2.45, 2.75) is 6.92 Å². The van der Waals surface area contributed by atoms with Gasteiger partial charge in [0.2, 0.25) is 5.88 Å². The molecule has 1 aromatic carbocycles. The Labute approximate surface area is 109 Å². The zero-order valence-electron chi connectivity index (χ0n) is 10.2. The van der Waals surface area contributed by atoms with Crippen LogP contribution in [0.2, 0.25) is 0 Å². The van der Waals surface area contributed by atoms with E-state index in [0.717, 1.165) is 16.6 Å². The average Bonchev–Trinajstić information content (AvgIpc) is 2.85. The van der Waals surface area contributed by atoms with E-state index in [1.54, 1.807) is 6.07 Å². The van der Waals surface area contributed by atoms with Crippen molar-refractivity contribution in [1.29, 1.82) is 5.26 Å². The summed E-state index contributed by atoms with van der Waals surface area (Å²) in [6.45, 7) is 1.88. The number of aryl methyl sites for hydroxylation is 1. The quantitative estimate of drug-likeness (QED) is 0.758. The fraction of sp³-hybridized carbons (Fsp3) is 0.0714. The van der Waals surface area contributed by atoms with Gasteiger partial charge in [-0.1, -0.05) is 12.1 Å². The van der Waals surface area contributed by atoms with Crippen LogP contribution in [0.1, 0.15) is 11.3 Å². The van der Waals surface area contributed by atoms with Crippen LogP contribution in [0.25, 0.3) is 10.9 Å². The van der Waals surface area contributed by atoms with Crippen molar-refractivity contribution in [3.63, 3.8) is 0 Å². The molecule has 5 heteroatoms. The largest absolute Gasteiger partial charge is 0.435 e. The molecule has 0 fully saturated rings. The normalized spacial score (nSPS) is 10.3. The maximum absolute atomic E-state index is 9.16. The van der Waals surface area contributed by atoms with E-state index >= 15 is 0 Å². The van der Waals surface area contributed by atoms with Gasteiger partial charge in [0, 0.05) is 23.3 Å². The maximum Gasteiger partial charge on any atom is 0.238 e. The summed E-state index contributed by atoms with van der Waals surface area (Å²) in [7, 11) is 0. The summed E-state index contributed by atoms with van der Waals surface area (Å²) in [6, 6.07) is 11.4. The Bertz CT molecular complexity index is 785. The summed E-state index contributed by atoms with van der Waals surface area (Å²) in [6.07, 6.45) is 1.51. The number of nitriles is 1. The number of nitrogens with zero attached hydrogens (tertiary/aromatic N) is 3. The molecule has 92 valence electrons. The van der Waals surface area contributed by atoms with Crippen molar-refractivity contribution in [3.8, 4) is 17.7 Å². The Kier molecular flexibility index (Phi) is 2.62. The molecule has 0 bridgehead atoms. The van der Waals surface area contributed by atoms with Crippen LogP contribution < -0.4 is 4.74 Å². The first kappa shape index (κ1) is 11.2. The average molecular weight is 250 g/mol. The number of para-hydroxylation sites is 1. The number of H-pyrrole nitrogens is 1. The minimum Gasteiger partial charge on any atom is -0.435 e. The van der Waals surface area contributed by atoms with Gasteiger partial charge in [-0.25, -0.2) is 0 Å². The number of fused-ring (bicyclic) bond motifs is 1. The van der Waals surface area contributed by atoms with E-state index in [9.17, 15) is 0 Å². The summed E-state index contributed by atoms with van der Waals surface area (Å²) >= 11 is 0. The molecule has 0 aliphatic carbocycles. The molecule has 0 atom stereocenters. The van der Waals surface area contributed by atoms with Gasteiger partial charge >= 0.3 is 0 Å². The van der Waals surface area contributed by atoms with Crippen molar-refractivity contribution in [1.82, 2.24) is 15.2 Å². The van der Waals surface area contributed by atoms with Crippen molar-refractivity contribution >= 4 is 10.9 Å². The van der Waals surface area contributed by atoms with Gasteiger partial charge in [0.05, 0.1) is 5.52 Å². The van der Waals surface area contributed by atoms with Crippen LogP contribution in [0.4, 0.5) is 0 Å². The molecule has 0 unspecified atom stereocenters. The monoisotopic (exact) mass is 250 g/mol. The van der Waals surface area contributed by atoms with Crippen LogP contribution in [0, 0.1) is 18.3 Å². The highest BCUT2D eigenvalue weighted by Crippen LogP contribution is 2.31. The maximum atomic E-state index is 9.16. The van der Waals surface area contributed by atoms with E-state index in [4.69, 9.17) is 10.00 Å². The molecule has 0 aliphatic rings. The summed E-state index contributed by atoms with van der Waals surface area (Å²) in [5.41, 5.74) is 2.06. The highest BCUT2D eigenvalue weighted by Gasteiger charge is 2.12. The Morgan fingerprint density at radius 3 is 2.89 bits per heavy atom. The van der Waals surface area contributed by atoms with Crippen molar-refractivity contribution < 1.29 is 4.74 Å². The molecular formula is C14H10N4O. The fourth-order valence-electron chi connectivity index (χ4n) is 1.86. The van der Waals surface area contributed by atoms with Gasteiger partial charge < -0.3 is 4.74 Å². The van der Waals surface area contributed by atoms with E-state index in [-0.39, 0.29) is 0 Å². The van der Waals surface area contributed by atoms with Gasteiger partial charge in [-0.3, -0.25) is 10.1 Å². The molecule has 19 heavy (non-hydrogen) atoms. The molecule has 1 N–H and O–H groups in total. The molecule has 3 aromatic rings. The second kappa shape index (κ2) is 4.42. The van der Waals surface area contributed by atoms with Gasteiger partial charge in [-0.2, -0.15) is 5.26 Å². The van der Waals surface area contributed by atoms with Crippen LogP contribution in [0.5, 0.6) is 11.6 Å². The molecule has 0 aliphatic heterocycles. The second-order valence-electron chi connectivity index (χ2n) is 4.12. The van der Waals surface area contributed by atoms with Crippen molar-refractivity contribution in [2.24, 2.45) is 0 Å². The van der Waals surface area contributed by atoms with Gasteiger partial charge in [0.15, 0.2) is 5.75 Å². The lowest BCUT2D eigenvalue weighted by Crippen LogP contribution is -1.92. The number of pyridine rings is 1. The zero-order valence-corrected chi connectivity index (χ0v) is 10.2. The van der Waals surface area contributed by atoms with Crippen molar-refractivity contribution in [2.75, 3.05) is 0 Å². The molecule has 0 spiro atoms. The van der Waals surface area contributed by atoms with E-state index < -0.39 is 0 Å². The van der Waals surface area contributed by atoms with E-state index in [2.05, 4.69) is 21.3 Å². The third-order valence-electron chi connectivity index (χ3n) is 2.74. The topological polar surface area (TPSA) is 74.6 Å². The van der Waals surface area contributed by atoms with Gasteiger partial charge in [0.1, 0.15) is 11.6 Å². The first-order chi connectivity index (χ1) is 9.28. The number of aromatic amines is 1. The SMILES string of the molecule is Cc1cc(Oc2c(C#N)cnc3ccccc23)n[nH]1. The number of benzene rings is 1. The lowest BCUT2D eigenvalue weighted by molar-refractivity contribution is 0.465. The van der Waals surface area contributed by atoms with Gasteiger partial charge in [-0.05, 0) is 19.1 Å². The number of hydrogen-bond donors (Lipinski definition) is 1. The number of nitrogens with one attached hydrogen (secondary N) is 1. The smallest absolute Gasteiger partial charge is 0.238 e. The molecule has 0 radical (unpaired) electrons. The minimum absolute atomic E-state index is 0.388. The number of rotatable bonds is 2. The zero-order chi connectivity index (χ0) is 13.2.